The average molecular weight is 234 g/mol. The van der Waals surface area contributed by atoms with Crippen LogP contribution in [-0.4, -0.2) is 19.1 Å². The fourth-order valence-electron chi connectivity index (χ4n) is 1.02. The average Bonchev–Trinajstić information content (AvgIpc) is 2.01. The van der Waals surface area contributed by atoms with Crippen LogP contribution in [-0.2, 0) is 25.8 Å². The van der Waals surface area contributed by atoms with Crippen LogP contribution in [0.25, 0.3) is 0 Å². The maximum atomic E-state index is 10.5. The molecule has 0 aliphatic carbocycles. The van der Waals surface area contributed by atoms with E-state index in [1.54, 1.807) is 12.1 Å². The van der Waals surface area contributed by atoms with Crippen LogP contribution >= 0.6 is 0 Å². The van der Waals surface area contributed by atoms with Crippen LogP contribution in [0.2, 0.25) is 0 Å². The number of rotatable bonds is 3. The van der Waals surface area contributed by atoms with Crippen molar-refractivity contribution in [3.63, 3.8) is 0 Å². The Balaban J connectivity index is 2.59. The minimum absolute atomic E-state index is 0.384. The van der Waals surface area contributed by atoms with E-state index in [1.807, 2.05) is 12.1 Å². The number of hydrogen-bond donors (Lipinski definition) is 3. The molecule has 0 saturated carbocycles. The third-order valence-electron chi connectivity index (χ3n) is 1.58. The van der Waals surface area contributed by atoms with Gasteiger partial charge in [0.2, 0.25) is 0 Å². The lowest BCUT2D eigenvalue weighted by atomic mass is 10.1. The minimum Gasteiger partial charge on any atom is -0.399 e. The summed E-state index contributed by atoms with van der Waals surface area (Å²) >= 11 is 0. The number of aryl methyl sites for hydroxylation is 1. The SMILES string of the molecule is Nc1cccc(CC[S+]=S(=O)(O)O)c1. The van der Waals surface area contributed by atoms with Crippen molar-refractivity contribution in [3.8, 4) is 0 Å². The second kappa shape index (κ2) is 4.70. The van der Waals surface area contributed by atoms with Crippen LogP contribution in [0.3, 0.4) is 0 Å². The summed E-state index contributed by atoms with van der Waals surface area (Å²) in [7, 11) is -3.04. The molecule has 0 unspecified atom stereocenters. The van der Waals surface area contributed by atoms with Gasteiger partial charge >= 0.3 is 9.05 Å². The molecular weight excluding hydrogens is 222 g/mol. The summed E-state index contributed by atoms with van der Waals surface area (Å²) in [5, 5.41) is 0. The highest BCUT2D eigenvalue weighted by atomic mass is 32.9. The number of benzene rings is 1. The fourth-order valence-corrected chi connectivity index (χ4v) is 2.45. The molecule has 0 spiro atoms. The Morgan fingerprint density at radius 3 is 2.71 bits per heavy atom. The Kier molecular flexibility index (Phi) is 3.82. The van der Waals surface area contributed by atoms with Gasteiger partial charge in [0, 0.05) is 12.1 Å². The number of anilines is 1. The van der Waals surface area contributed by atoms with Gasteiger partial charge in [0.05, 0.1) is 0 Å². The zero-order chi connectivity index (χ0) is 10.6. The van der Waals surface area contributed by atoms with Crippen molar-refractivity contribution in [3.05, 3.63) is 29.8 Å². The van der Waals surface area contributed by atoms with Gasteiger partial charge in [0.15, 0.2) is 5.75 Å². The minimum atomic E-state index is -3.67. The van der Waals surface area contributed by atoms with E-state index in [9.17, 15) is 4.21 Å². The topological polar surface area (TPSA) is 83.6 Å². The second-order valence-electron chi connectivity index (χ2n) is 2.76. The summed E-state index contributed by atoms with van der Waals surface area (Å²) in [5.74, 6) is 0.384. The molecule has 14 heavy (non-hydrogen) atoms. The molecule has 0 aliphatic rings. The molecule has 4 N–H and O–H groups in total. The van der Waals surface area contributed by atoms with Gasteiger partial charge in [-0.05, 0) is 17.7 Å². The van der Waals surface area contributed by atoms with Gasteiger partial charge in [-0.3, -0.25) is 9.11 Å². The van der Waals surface area contributed by atoms with E-state index in [-0.39, 0.29) is 0 Å². The second-order valence-corrected chi connectivity index (χ2v) is 6.31. The molecule has 0 aromatic heterocycles. The van der Waals surface area contributed by atoms with Crippen molar-refractivity contribution in [1.29, 1.82) is 0 Å². The maximum Gasteiger partial charge on any atom is 0.430 e. The smallest absolute Gasteiger partial charge is 0.399 e. The predicted octanol–water partition coefficient (Wildman–Crippen LogP) is 1.04. The number of nitrogens with two attached hydrogens (primary N) is 1. The molecular formula is C8H12NO3S2+. The Morgan fingerprint density at radius 2 is 2.14 bits per heavy atom. The molecule has 0 bridgehead atoms. The van der Waals surface area contributed by atoms with Gasteiger partial charge in [-0.2, -0.15) is 4.21 Å². The van der Waals surface area contributed by atoms with Crippen molar-refractivity contribution < 1.29 is 13.3 Å². The number of hydrogen-bond acceptors (Lipinski definition) is 2. The normalized spacial score (nSPS) is 11.3. The third-order valence-corrected chi connectivity index (χ3v) is 3.68. The van der Waals surface area contributed by atoms with Crippen LogP contribution in [0.4, 0.5) is 5.69 Å². The Morgan fingerprint density at radius 1 is 1.43 bits per heavy atom. The molecule has 6 heteroatoms. The first-order chi connectivity index (χ1) is 6.47. The Hall–Kier alpha value is -0.690. The van der Waals surface area contributed by atoms with E-state index in [2.05, 4.69) is 0 Å². The van der Waals surface area contributed by atoms with Crippen molar-refractivity contribution in [2.24, 2.45) is 0 Å². The number of nitrogen functional groups attached to an aromatic ring is 1. The fraction of sp³-hybridized carbons (Fsp3) is 0.250. The van der Waals surface area contributed by atoms with Gasteiger partial charge in [0.25, 0.3) is 10.3 Å². The van der Waals surface area contributed by atoms with E-state index in [0.29, 0.717) is 28.2 Å². The standard InChI is InChI=1S/C8H11NO3S2/c9-8-3-1-2-7(6-8)4-5-13-14(10,11)12/h1-3,6H,4-5,9H2,(H-,10,11,12)/p+1. The molecule has 0 atom stereocenters. The molecule has 1 rings (SSSR count). The molecule has 0 saturated heterocycles. The quantitative estimate of drug-likeness (QED) is 0.539. The van der Waals surface area contributed by atoms with Gasteiger partial charge in [-0.15, -0.1) is 0 Å². The summed E-state index contributed by atoms with van der Waals surface area (Å²) in [5.41, 5.74) is 7.21. The lowest BCUT2D eigenvalue weighted by Crippen LogP contribution is -2.00. The highest BCUT2D eigenvalue weighted by Crippen LogP contribution is 2.06. The molecule has 0 amide bonds. The summed E-state index contributed by atoms with van der Waals surface area (Å²) in [6.07, 6.45) is 0.605. The highest BCUT2D eigenvalue weighted by molar-refractivity contribution is 8.34. The van der Waals surface area contributed by atoms with Gasteiger partial charge < -0.3 is 5.73 Å². The molecule has 0 aliphatic heterocycles. The summed E-state index contributed by atoms with van der Waals surface area (Å²) in [4.78, 5) is 0. The van der Waals surface area contributed by atoms with Gasteiger partial charge in [-0.25, -0.2) is 0 Å². The maximum absolute atomic E-state index is 10.5. The third kappa shape index (κ3) is 4.52. The molecule has 4 nitrogen and oxygen atoms in total. The van der Waals surface area contributed by atoms with Crippen LogP contribution in [0.5, 0.6) is 0 Å². The Labute approximate surface area is 86.4 Å². The van der Waals surface area contributed by atoms with Crippen LogP contribution in [0, 0.1) is 0 Å². The van der Waals surface area contributed by atoms with Crippen molar-refractivity contribution in [1.82, 2.24) is 0 Å². The molecule has 78 valence electrons. The highest BCUT2D eigenvalue weighted by Gasteiger charge is 2.09. The molecule has 0 heterocycles. The van der Waals surface area contributed by atoms with Crippen molar-refractivity contribution >= 4 is 25.1 Å². The van der Waals surface area contributed by atoms with Gasteiger partial charge in [0.1, 0.15) is 0 Å². The summed E-state index contributed by atoms with van der Waals surface area (Å²) in [6, 6.07) is 7.28. The molecule has 1 aromatic rings. The lowest BCUT2D eigenvalue weighted by Gasteiger charge is -1.95. The van der Waals surface area contributed by atoms with Gasteiger partial charge in [-0.1, -0.05) is 12.1 Å². The van der Waals surface area contributed by atoms with E-state index in [0.717, 1.165) is 5.56 Å². The van der Waals surface area contributed by atoms with Crippen molar-refractivity contribution in [2.45, 2.75) is 6.42 Å². The van der Waals surface area contributed by atoms with Crippen LogP contribution in [0.15, 0.2) is 24.3 Å². The zero-order valence-electron chi connectivity index (χ0n) is 7.42. The molecule has 0 fully saturated rings. The summed E-state index contributed by atoms with van der Waals surface area (Å²) < 4.78 is 27.6. The first-order valence-corrected chi connectivity index (χ1v) is 6.93. The summed E-state index contributed by atoms with van der Waals surface area (Å²) in [6.45, 7) is 0. The first-order valence-electron chi connectivity index (χ1n) is 3.95. The predicted molar refractivity (Wildman–Crippen MR) is 60.2 cm³/mol. The van der Waals surface area contributed by atoms with E-state index in [1.165, 1.54) is 0 Å². The van der Waals surface area contributed by atoms with Crippen molar-refractivity contribution in [2.75, 3.05) is 11.5 Å². The van der Waals surface area contributed by atoms with E-state index < -0.39 is 9.05 Å². The van der Waals surface area contributed by atoms with Crippen LogP contribution in [0.1, 0.15) is 5.56 Å². The monoisotopic (exact) mass is 234 g/mol. The first kappa shape index (κ1) is 11.4. The van der Waals surface area contributed by atoms with E-state index >= 15 is 0 Å². The molecule has 1 aromatic carbocycles. The Bertz CT molecular complexity index is 416. The largest absolute Gasteiger partial charge is 0.430 e. The lowest BCUT2D eigenvalue weighted by molar-refractivity contribution is 0.450. The van der Waals surface area contributed by atoms with Crippen LogP contribution < -0.4 is 5.73 Å². The van der Waals surface area contributed by atoms with E-state index in [4.69, 9.17) is 14.8 Å². The molecule has 0 radical (unpaired) electrons. The zero-order valence-corrected chi connectivity index (χ0v) is 9.05.